The lowest BCUT2D eigenvalue weighted by Crippen LogP contribution is -2.15. The highest BCUT2D eigenvalue weighted by molar-refractivity contribution is 7.99. The molecule has 7 nitrogen and oxygen atoms in total. The number of aryl methyl sites for hydroxylation is 1. The van der Waals surface area contributed by atoms with Crippen LogP contribution in [0.25, 0.3) is 17.1 Å². The maximum Gasteiger partial charge on any atom is 0.234 e. The lowest BCUT2D eigenvalue weighted by molar-refractivity contribution is -0.113. The normalized spacial score (nSPS) is 10.7. The van der Waals surface area contributed by atoms with Crippen LogP contribution < -0.4 is 14.8 Å². The van der Waals surface area contributed by atoms with Gasteiger partial charge in [-0.3, -0.25) is 9.36 Å². The molecule has 1 aromatic heterocycles. The number of rotatable bonds is 9. The highest BCUT2D eigenvalue weighted by atomic mass is 32.2. The SMILES string of the molecule is CCc1ccccc1NC(=O)CSc1nnc(-c2ccccc2OC)n1-c1ccc(OC)cc1. The second-order valence-electron chi connectivity index (χ2n) is 7.39. The second-order valence-corrected chi connectivity index (χ2v) is 8.33. The van der Waals surface area contributed by atoms with Crippen molar-refractivity contribution in [3.8, 4) is 28.6 Å². The third kappa shape index (κ3) is 5.07. The van der Waals surface area contributed by atoms with E-state index in [1.807, 2.05) is 77.4 Å². The van der Waals surface area contributed by atoms with Gasteiger partial charge in [-0.15, -0.1) is 10.2 Å². The van der Waals surface area contributed by atoms with Crippen molar-refractivity contribution in [2.45, 2.75) is 18.5 Å². The molecule has 0 spiro atoms. The molecule has 8 heteroatoms. The molecule has 0 saturated carbocycles. The van der Waals surface area contributed by atoms with E-state index in [0.29, 0.717) is 16.7 Å². The van der Waals surface area contributed by atoms with Gasteiger partial charge in [-0.2, -0.15) is 0 Å². The molecule has 1 N–H and O–H groups in total. The number of amides is 1. The minimum atomic E-state index is -0.103. The van der Waals surface area contributed by atoms with Gasteiger partial charge in [-0.25, -0.2) is 0 Å². The van der Waals surface area contributed by atoms with Gasteiger partial charge in [0.15, 0.2) is 11.0 Å². The minimum absolute atomic E-state index is 0.103. The van der Waals surface area contributed by atoms with E-state index in [9.17, 15) is 4.79 Å². The molecule has 0 aliphatic carbocycles. The summed E-state index contributed by atoms with van der Waals surface area (Å²) in [6.07, 6.45) is 0.845. The summed E-state index contributed by atoms with van der Waals surface area (Å²) < 4.78 is 12.8. The summed E-state index contributed by atoms with van der Waals surface area (Å²) in [7, 11) is 3.26. The molecule has 0 atom stereocenters. The maximum absolute atomic E-state index is 12.7. The van der Waals surface area contributed by atoms with Crippen LogP contribution in [0.2, 0.25) is 0 Å². The highest BCUT2D eigenvalue weighted by Gasteiger charge is 2.20. The Bertz CT molecular complexity index is 1270. The number of carbonyl (C=O) groups excluding carboxylic acids is 1. The van der Waals surface area contributed by atoms with E-state index in [0.717, 1.165) is 34.7 Å². The van der Waals surface area contributed by atoms with Crippen LogP contribution in [0.5, 0.6) is 11.5 Å². The molecule has 0 aliphatic heterocycles. The molecule has 0 aliphatic rings. The summed E-state index contributed by atoms with van der Waals surface area (Å²) in [5.41, 5.74) is 3.59. The molecule has 0 radical (unpaired) electrons. The molecule has 0 fully saturated rings. The lowest BCUT2D eigenvalue weighted by atomic mass is 10.1. The minimum Gasteiger partial charge on any atom is -0.497 e. The Morgan fingerprint density at radius 3 is 2.41 bits per heavy atom. The molecular formula is C26H26N4O3S. The summed E-state index contributed by atoms with van der Waals surface area (Å²) >= 11 is 1.33. The van der Waals surface area contributed by atoms with Gasteiger partial charge in [0.2, 0.25) is 5.91 Å². The molecule has 1 heterocycles. The monoisotopic (exact) mass is 474 g/mol. The number of para-hydroxylation sites is 2. The van der Waals surface area contributed by atoms with Crippen LogP contribution >= 0.6 is 11.8 Å². The number of carbonyl (C=O) groups is 1. The number of benzene rings is 3. The second kappa shape index (κ2) is 10.9. The Labute approximate surface area is 203 Å². The molecule has 0 unspecified atom stereocenters. The Morgan fingerprint density at radius 1 is 0.941 bits per heavy atom. The first kappa shape index (κ1) is 23.4. The zero-order valence-corrected chi connectivity index (χ0v) is 20.1. The van der Waals surface area contributed by atoms with Gasteiger partial charge >= 0.3 is 0 Å². The predicted octanol–water partition coefficient (Wildman–Crippen LogP) is 5.24. The van der Waals surface area contributed by atoms with Crippen LogP contribution in [0.4, 0.5) is 5.69 Å². The quantitative estimate of drug-likeness (QED) is 0.334. The highest BCUT2D eigenvalue weighted by Crippen LogP contribution is 2.33. The van der Waals surface area contributed by atoms with Gasteiger partial charge in [-0.1, -0.05) is 49.0 Å². The Kier molecular flexibility index (Phi) is 7.49. The van der Waals surface area contributed by atoms with E-state index in [2.05, 4.69) is 22.4 Å². The largest absolute Gasteiger partial charge is 0.497 e. The Hall–Kier alpha value is -3.78. The number of thioether (sulfide) groups is 1. The fourth-order valence-corrected chi connectivity index (χ4v) is 4.35. The first-order valence-electron chi connectivity index (χ1n) is 10.9. The standard InChI is InChI=1S/C26H26N4O3S/c1-4-18-9-5-7-11-22(18)27-24(31)17-34-26-29-28-25(21-10-6-8-12-23(21)33-3)30(26)19-13-15-20(32-2)16-14-19/h5-16H,4,17H2,1-3H3,(H,27,31). The average molecular weight is 475 g/mol. The average Bonchev–Trinajstić information content (AvgIpc) is 3.31. The molecule has 0 bridgehead atoms. The van der Waals surface area contributed by atoms with Crippen molar-refractivity contribution in [1.82, 2.24) is 14.8 Å². The smallest absolute Gasteiger partial charge is 0.234 e. The van der Waals surface area contributed by atoms with Crippen LogP contribution in [0.15, 0.2) is 78.0 Å². The van der Waals surface area contributed by atoms with Crippen molar-refractivity contribution in [3.05, 3.63) is 78.4 Å². The van der Waals surface area contributed by atoms with Crippen molar-refractivity contribution in [1.29, 1.82) is 0 Å². The summed E-state index contributed by atoms with van der Waals surface area (Å²) in [6, 6.07) is 23.1. The molecule has 1 amide bonds. The Balaban J connectivity index is 1.64. The van der Waals surface area contributed by atoms with E-state index in [1.165, 1.54) is 11.8 Å². The van der Waals surface area contributed by atoms with Gasteiger partial charge in [0.05, 0.1) is 31.2 Å². The van der Waals surface area contributed by atoms with Crippen molar-refractivity contribution in [2.75, 3.05) is 25.3 Å². The maximum atomic E-state index is 12.7. The van der Waals surface area contributed by atoms with E-state index in [-0.39, 0.29) is 11.7 Å². The molecule has 174 valence electrons. The molecule has 0 saturated heterocycles. The first-order valence-corrected chi connectivity index (χ1v) is 11.9. The third-order valence-electron chi connectivity index (χ3n) is 5.32. The zero-order valence-electron chi connectivity index (χ0n) is 19.3. The zero-order chi connectivity index (χ0) is 23.9. The van der Waals surface area contributed by atoms with E-state index < -0.39 is 0 Å². The number of nitrogens with zero attached hydrogens (tertiary/aromatic N) is 3. The molecular weight excluding hydrogens is 448 g/mol. The van der Waals surface area contributed by atoms with Crippen LogP contribution in [-0.2, 0) is 11.2 Å². The van der Waals surface area contributed by atoms with Crippen LogP contribution in [-0.4, -0.2) is 40.6 Å². The fraction of sp³-hybridized carbons (Fsp3) is 0.192. The number of methoxy groups -OCH3 is 2. The van der Waals surface area contributed by atoms with Gasteiger partial charge in [0.25, 0.3) is 0 Å². The van der Waals surface area contributed by atoms with Gasteiger partial charge in [-0.05, 0) is 54.4 Å². The van der Waals surface area contributed by atoms with E-state index in [1.54, 1.807) is 14.2 Å². The number of ether oxygens (including phenoxy) is 2. The van der Waals surface area contributed by atoms with Gasteiger partial charge < -0.3 is 14.8 Å². The number of anilines is 1. The Morgan fingerprint density at radius 2 is 1.68 bits per heavy atom. The van der Waals surface area contributed by atoms with E-state index in [4.69, 9.17) is 9.47 Å². The van der Waals surface area contributed by atoms with Crippen molar-refractivity contribution >= 4 is 23.4 Å². The molecule has 4 rings (SSSR count). The van der Waals surface area contributed by atoms with Crippen LogP contribution in [0, 0.1) is 0 Å². The number of nitrogens with one attached hydrogen (secondary N) is 1. The predicted molar refractivity (Wildman–Crippen MR) is 135 cm³/mol. The van der Waals surface area contributed by atoms with Crippen LogP contribution in [0.1, 0.15) is 12.5 Å². The summed E-state index contributed by atoms with van der Waals surface area (Å²) in [5.74, 6) is 2.16. The number of hydrogen-bond acceptors (Lipinski definition) is 6. The lowest BCUT2D eigenvalue weighted by Gasteiger charge is -2.13. The summed E-state index contributed by atoms with van der Waals surface area (Å²) in [6.45, 7) is 2.07. The molecule has 4 aromatic rings. The summed E-state index contributed by atoms with van der Waals surface area (Å²) in [4.78, 5) is 12.7. The van der Waals surface area contributed by atoms with Gasteiger partial charge in [0, 0.05) is 5.69 Å². The number of hydrogen-bond donors (Lipinski definition) is 1. The summed E-state index contributed by atoms with van der Waals surface area (Å²) in [5, 5.41) is 12.5. The van der Waals surface area contributed by atoms with Crippen LogP contribution in [0.3, 0.4) is 0 Å². The third-order valence-corrected chi connectivity index (χ3v) is 6.25. The molecule has 3 aromatic carbocycles. The van der Waals surface area contributed by atoms with Crippen molar-refractivity contribution in [3.63, 3.8) is 0 Å². The van der Waals surface area contributed by atoms with Gasteiger partial charge in [0.1, 0.15) is 11.5 Å². The van der Waals surface area contributed by atoms with Crippen molar-refractivity contribution < 1.29 is 14.3 Å². The first-order chi connectivity index (χ1) is 16.6. The molecule has 34 heavy (non-hydrogen) atoms. The van der Waals surface area contributed by atoms with Crippen molar-refractivity contribution in [2.24, 2.45) is 0 Å². The topological polar surface area (TPSA) is 78.3 Å². The fourth-order valence-electron chi connectivity index (χ4n) is 3.60. The van der Waals surface area contributed by atoms with E-state index >= 15 is 0 Å². The number of aromatic nitrogens is 3.